The highest BCUT2D eigenvalue weighted by Crippen LogP contribution is 2.21. The first-order valence-corrected chi connectivity index (χ1v) is 7.36. The molecule has 0 radical (unpaired) electrons. The molecule has 2 heterocycles. The number of nitrogens with zero attached hydrogens (tertiary/aromatic N) is 2. The fourth-order valence-electron chi connectivity index (χ4n) is 2.62. The molecular weight excluding hydrogens is 258 g/mol. The topological polar surface area (TPSA) is 61.9 Å². The van der Waals surface area contributed by atoms with E-state index in [0.29, 0.717) is 5.92 Å². The maximum Gasteiger partial charge on any atom is 0.410 e. The zero-order valence-corrected chi connectivity index (χ0v) is 12.6. The molecule has 2 rings (SSSR count). The maximum absolute atomic E-state index is 11.9. The average Bonchev–Trinajstić information content (AvgIpc) is 2.74. The van der Waals surface area contributed by atoms with Crippen molar-refractivity contribution in [1.82, 2.24) is 15.1 Å². The summed E-state index contributed by atoms with van der Waals surface area (Å²) in [4.78, 5) is 27.1. The second-order valence-electron chi connectivity index (χ2n) is 6.59. The van der Waals surface area contributed by atoms with Crippen LogP contribution in [-0.4, -0.2) is 60.2 Å². The SMILES string of the molecule is CC(C)(C)OC(=O)N1CCC(CN2CCNC2=O)CC1. The van der Waals surface area contributed by atoms with Gasteiger partial charge in [0.2, 0.25) is 0 Å². The highest BCUT2D eigenvalue weighted by molar-refractivity contribution is 5.76. The highest BCUT2D eigenvalue weighted by atomic mass is 16.6. The number of likely N-dealkylation sites (tertiary alicyclic amines) is 1. The minimum absolute atomic E-state index is 0.0413. The number of amides is 3. The number of hydrogen-bond acceptors (Lipinski definition) is 3. The van der Waals surface area contributed by atoms with E-state index in [1.807, 2.05) is 25.7 Å². The summed E-state index contributed by atoms with van der Waals surface area (Å²) in [6.45, 7) is 9.41. The predicted molar refractivity (Wildman–Crippen MR) is 75.5 cm³/mol. The van der Waals surface area contributed by atoms with Crippen LogP contribution in [-0.2, 0) is 4.74 Å². The molecule has 0 bridgehead atoms. The molecule has 2 aliphatic heterocycles. The van der Waals surface area contributed by atoms with Crippen molar-refractivity contribution < 1.29 is 14.3 Å². The standard InChI is InChI=1S/C14H25N3O3/c1-14(2,3)20-13(19)16-7-4-11(5-8-16)10-17-9-6-15-12(17)18/h11H,4-10H2,1-3H3,(H,15,18). The van der Waals surface area contributed by atoms with E-state index < -0.39 is 5.60 Å². The van der Waals surface area contributed by atoms with Crippen molar-refractivity contribution in [2.75, 3.05) is 32.7 Å². The molecule has 20 heavy (non-hydrogen) atoms. The van der Waals surface area contributed by atoms with Gasteiger partial charge in [-0.3, -0.25) is 0 Å². The zero-order valence-electron chi connectivity index (χ0n) is 12.6. The smallest absolute Gasteiger partial charge is 0.410 e. The molecule has 0 aromatic carbocycles. The molecule has 114 valence electrons. The van der Waals surface area contributed by atoms with Gasteiger partial charge in [0.25, 0.3) is 0 Å². The molecule has 1 N–H and O–H groups in total. The summed E-state index contributed by atoms with van der Waals surface area (Å²) in [6, 6.07) is 0.0413. The molecule has 0 unspecified atom stereocenters. The van der Waals surface area contributed by atoms with Gasteiger partial charge in [-0.15, -0.1) is 0 Å². The third-order valence-corrected chi connectivity index (χ3v) is 3.69. The number of nitrogens with one attached hydrogen (secondary N) is 1. The largest absolute Gasteiger partial charge is 0.444 e. The summed E-state index contributed by atoms with van der Waals surface area (Å²) in [5, 5.41) is 2.81. The molecule has 0 aromatic rings. The second kappa shape index (κ2) is 5.89. The van der Waals surface area contributed by atoms with Gasteiger partial charge in [0.1, 0.15) is 5.60 Å². The summed E-state index contributed by atoms with van der Waals surface area (Å²) in [7, 11) is 0. The number of urea groups is 1. The Hall–Kier alpha value is -1.46. The molecule has 2 aliphatic rings. The fourth-order valence-corrected chi connectivity index (χ4v) is 2.62. The highest BCUT2D eigenvalue weighted by Gasteiger charge is 2.29. The van der Waals surface area contributed by atoms with Crippen molar-refractivity contribution in [3.63, 3.8) is 0 Å². The maximum atomic E-state index is 11.9. The Kier molecular flexibility index (Phi) is 4.40. The Morgan fingerprint density at radius 1 is 1.30 bits per heavy atom. The van der Waals surface area contributed by atoms with Crippen LogP contribution in [0.5, 0.6) is 0 Å². The molecule has 0 saturated carbocycles. The summed E-state index contributed by atoms with van der Waals surface area (Å²) in [6.07, 6.45) is 1.64. The van der Waals surface area contributed by atoms with Gasteiger partial charge in [0.15, 0.2) is 0 Å². The van der Waals surface area contributed by atoms with Gasteiger partial charge in [-0.1, -0.05) is 0 Å². The first-order chi connectivity index (χ1) is 9.35. The lowest BCUT2D eigenvalue weighted by atomic mass is 9.96. The van der Waals surface area contributed by atoms with Crippen molar-refractivity contribution in [2.24, 2.45) is 5.92 Å². The molecule has 6 heteroatoms. The minimum atomic E-state index is -0.443. The van der Waals surface area contributed by atoms with Crippen LogP contribution in [0.3, 0.4) is 0 Å². The molecule has 2 saturated heterocycles. The van der Waals surface area contributed by atoms with Crippen molar-refractivity contribution in [3.8, 4) is 0 Å². The van der Waals surface area contributed by atoms with Crippen LogP contribution in [0.15, 0.2) is 0 Å². The lowest BCUT2D eigenvalue weighted by Crippen LogP contribution is -2.44. The molecule has 3 amide bonds. The van der Waals surface area contributed by atoms with Gasteiger partial charge in [-0.2, -0.15) is 0 Å². The van der Waals surface area contributed by atoms with Gasteiger partial charge in [0, 0.05) is 32.7 Å². The molecule has 0 aromatic heterocycles. The van der Waals surface area contributed by atoms with Crippen LogP contribution in [0.2, 0.25) is 0 Å². The van der Waals surface area contributed by atoms with Gasteiger partial charge in [-0.05, 0) is 39.5 Å². The predicted octanol–water partition coefficient (Wildman–Crippen LogP) is 1.66. The Bertz CT molecular complexity index is 370. The van der Waals surface area contributed by atoms with E-state index in [1.54, 1.807) is 4.90 Å². The van der Waals surface area contributed by atoms with Gasteiger partial charge >= 0.3 is 12.1 Å². The van der Waals surface area contributed by atoms with Crippen molar-refractivity contribution in [1.29, 1.82) is 0 Å². The quantitative estimate of drug-likeness (QED) is 0.838. The van der Waals surface area contributed by atoms with Gasteiger partial charge in [-0.25, -0.2) is 9.59 Å². The van der Waals surface area contributed by atoms with Gasteiger partial charge in [0.05, 0.1) is 0 Å². The molecule has 2 fully saturated rings. The van der Waals surface area contributed by atoms with E-state index >= 15 is 0 Å². The average molecular weight is 283 g/mol. The van der Waals surface area contributed by atoms with E-state index in [2.05, 4.69) is 5.32 Å². The number of ether oxygens (including phenoxy) is 1. The second-order valence-corrected chi connectivity index (χ2v) is 6.59. The Balaban J connectivity index is 1.75. The molecule has 0 atom stereocenters. The molecule has 0 spiro atoms. The summed E-state index contributed by atoms with van der Waals surface area (Å²) in [5.41, 5.74) is -0.443. The lowest BCUT2D eigenvalue weighted by molar-refractivity contribution is 0.0175. The number of carbonyl (C=O) groups is 2. The number of hydrogen-bond donors (Lipinski definition) is 1. The molecule has 6 nitrogen and oxygen atoms in total. The Morgan fingerprint density at radius 3 is 2.45 bits per heavy atom. The summed E-state index contributed by atoms with van der Waals surface area (Å²) >= 11 is 0. The first-order valence-electron chi connectivity index (χ1n) is 7.36. The number of carbonyl (C=O) groups excluding carboxylic acids is 2. The summed E-state index contributed by atoms with van der Waals surface area (Å²) < 4.78 is 5.38. The third-order valence-electron chi connectivity index (χ3n) is 3.69. The van der Waals surface area contributed by atoms with Crippen molar-refractivity contribution in [2.45, 2.75) is 39.2 Å². The van der Waals surface area contributed by atoms with Crippen molar-refractivity contribution in [3.05, 3.63) is 0 Å². The first kappa shape index (κ1) is 14.9. The fraction of sp³-hybridized carbons (Fsp3) is 0.857. The number of piperidine rings is 1. The van der Waals surface area contributed by atoms with Gasteiger partial charge < -0.3 is 19.9 Å². The van der Waals surface area contributed by atoms with Crippen LogP contribution in [0.4, 0.5) is 9.59 Å². The van der Waals surface area contributed by atoms with E-state index in [-0.39, 0.29) is 12.1 Å². The van der Waals surface area contributed by atoms with E-state index in [0.717, 1.165) is 45.6 Å². The zero-order chi connectivity index (χ0) is 14.8. The van der Waals surface area contributed by atoms with Crippen LogP contribution < -0.4 is 5.32 Å². The summed E-state index contributed by atoms with van der Waals surface area (Å²) in [5.74, 6) is 0.484. The molecular formula is C14H25N3O3. The van der Waals surface area contributed by atoms with E-state index in [9.17, 15) is 9.59 Å². The normalized spacial score (nSPS) is 21.1. The van der Waals surface area contributed by atoms with Crippen molar-refractivity contribution >= 4 is 12.1 Å². The Morgan fingerprint density at radius 2 is 1.95 bits per heavy atom. The van der Waals surface area contributed by atoms with Crippen LogP contribution in [0.1, 0.15) is 33.6 Å². The lowest BCUT2D eigenvalue weighted by Gasteiger charge is -2.34. The number of rotatable bonds is 2. The Labute approximate surface area is 120 Å². The van der Waals surface area contributed by atoms with E-state index in [4.69, 9.17) is 4.74 Å². The van der Waals surface area contributed by atoms with Crippen LogP contribution >= 0.6 is 0 Å². The monoisotopic (exact) mass is 283 g/mol. The minimum Gasteiger partial charge on any atom is -0.444 e. The van der Waals surface area contributed by atoms with Crippen LogP contribution in [0.25, 0.3) is 0 Å². The molecule has 0 aliphatic carbocycles. The third kappa shape index (κ3) is 4.02. The van der Waals surface area contributed by atoms with E-state index in [1.165, 1.54) is 0 Å². The van der Waals surface area contributed by atoms with Crippen LogP contribution in [0, 0.1) is 5.92 Å².